The van der Waals surface area contributed by atoms with Gasteiger partial charge in [0.1, 0.15) is 0 Å². The van der Waals surface area contributed by atoms with Crippen LogP contribution in [-0.4, -0.2) is 44.8 Å². The quantitative estimate of drug-likeness (QED) is 0.815. The topological polar surface area (TPSA) is 67.9 Å². The molecule has 2 aromatic carbocycles. The van der Waals surface area contributed by atoms with Gasteiger partial charge >= 0.3 is 5.97 Å². The number of benzene rings is 2. The van der Waals surface area contributed by atoms with Gasteiger partial charge in [0.25, 0.3) is 5.91 Å². The molecule has 0 radical (unpaired) electrons. The Bertz CT molecular complexity index is 791. The molecule has 0 atom stereocenters. The van der Waals surface area contributed by atoms with E-state index in [1.165, 1.54) is 0 Å². The molecule has 0 bridgehead atoms. The highest BCUT2D eigenvalue weighted by Gasteiger charge is 2.17. The van der Waals surface area contributed by atoms with Crippen molar-refractivity contribution in [1.29, 1.82) is 0 Å². The number of carbonyl (C=O) groups is 2. The highest BCUT2D eigenvalue weighted by molar-refractivity contribution is 6.33. The average Bonchev–Trinajstić information content (AvgIpc) is 2.67. The van der Waals surface area contributed by atoms with Gasteiger partial charge in [-0.2, -0.15) is 0 Å². The number of para-hydroxylation sites is 2. The van der Waals surface area contributed by atoms with Crippen LogP contribution in [-0.2, 0) is 14.3 Å². The van der Waals surface area contributed by atoms with E-state index < -0.39 is 11.9 Å². The van der Waals surface area contributed by atoms with Gasteiger partial charge in [0.2, 0.25) is 0 Å². The molecule has 1 N–H and O–H groups in total. The zero-order valence-electron chi connectivity index (χ0n) is 14.1. The maximum absolute atomic E-state index is 12.2. The molecule has 2 aromatic rings. The molecule has 1 aliphatic heterocycles. The molecule has 1 aliphatic rings. The number of nitrogens with zero attached hydrogens (tertiary/aromatic N) is 1. The van der Waals surface area contributed by atoms with Gasteiger partial charge < -0.3 is 19.7 Å². The van der Waals surface area contributed by atoms with Crippen molar-refractivity contribution in [2.24, 2.45) is 0 Å². The van der Waals surface area contributed by atoms with E-state index in [9.17, 15) is 9.59 Å². The Balaban J connectivity index is 1.60. The van der Waals surface area contributed by atoms with Crippen LogP contribution in [0.25, 0.3) is 0 Å². The molecule has 3 rings (SSSR count). The molecule has 0 unspecified atom stereocenters. The molecule has 0 spiro atoms. The normalized spacial score (nSPS) is 14.0. The molecule has 7 heteroatoms. The first-order chi connectivity index (χ1) is 12.6. The van der Waals surface area contributed by atoms with Crippen molar-refractivity contribution in [3.05, 3.63) is 59.1 Å². The molecule has 1 amide bonds. The summed E-state index contributed by atoms with van der Waals surface area (Å²) < 4.78 is 10.4. The van der Waals surface area contributed by atoms with E-state index in [1.807, 2.05) is 24.3 Å². The number of esters is 1. The first-order valence-electron chi connectivity index (χ1n) is 8.28. The standard InChI is InChI=1S/C19H19ClN2O4/c20-15-6-2-1-5-14(15)19(24)26-13-18(23)21-16-7-3-4-8-17(16)22-9-11-25-12-10-22/h1-8H,9-13H2,(H,21,23). The van der Waals surface area contributed by atoms with Crippen LogP contribution in [0.5, 0.6) is 0 Å². The van der Waals surface area contributed by atoms with Crippen molar-refractivity contribution in [3.8, 4) is 0 Å². The predicted molar refractivity (Wildman–Crippen MR) is 99.8 cm³/mol. The van der Waals surface area contributed by atoms with Crippen molar-refractivity contribution < 1.29 is 19.1 Å². The van der Waals surface area contributed by atoms with Gasteiger partial charge in [0, 0.05) is 13.1 Å². The van der Waals surface area contributed by atoms with Crippen LogP contribution in [0.4, 0.5) is 11.4 Å². The zero-order chi connectivity index (χ0) is 18.4. The summed E-state index contributed by atoms with van der Waals surface area (Å²) in [6.07, 6.45) is 0. The lowest BCUT2D eigenvalue weighted by Gasteiger charge is -2.30. The largest absolute Gasteiger partial charge is 0.452 e. The monoisotopic (exact) mass is 374 g/mol. The Kier molecular flexibility index (Phi) is 6.09. The van der Waals surface area contributed by atoms with Crippen molar-refractivity contribution in [2.75, 3.05) is 43.1 Å². The Morgan fingerprint density at radius 1 is 1.08 bits per heavy atom. The molecule has 0 saturated carbocycles. The lowest BCUT2D eigenvalue weighted by atomic mass is 10.2. The molecule has 26 heavy (non-hydrogen) atoms. The summed E-state index contributed by atoms with van der Waals surface area (Å²) in [5.41, 5.74) is 1.82. The molecule has 1 saturated heterocycles. The Labute approximate surface area is 156 Å². The number of rotatable bonds is 5. The van der Waals surface area contributed by atoms with Gasteiger partial charge in [-0.25, -0.2) is 4.79 Å². The van der Waals surface area contributed by atoms with Crippen molar-refractivity contribution >= 4 is 34.9 Å². The maximum Gasteiger partial charge on any atom is 0.340 e. The van der Waals surface area contributed by atoms with Gasteiger partial charge in [-0.05, 0) is 24.3 Å². The van der Waals surface area contributed by atoms with Crippen LogP contribution in [0.15, 0.2) is 48.5 Å². The van der Waals surface area contributed by atoms with E-state index in [1.54, 1.807) is 24.3 Å². The summed E-state index contributed by atoms with van der Waals surface area (Å²) in [6.45, 7) is 2.43. The Morgan fingerprint density at radius 3 is 2.54 bits per heavy atom. The molecule has 1 heterocycles. The summed E-state index contributed by atoms with van der Waals surface area (Å²) in [5.74, 6) is -1.04. The number of ether oxygens (including phenoxy) is 2. The third-order valence-corrected chi connectivity index (χ3v) is 4.29. The molecular formula is C19H19ClN2O4. The molecule has 1 fully saturated rings. The highest BCUT2D eigenvalue weighted by Crippen LogP contribution is 2.26. The fourth-order valence-electron chi connectivity index (χ4n) is 2.68. The van der Waals surface area contributed by atoms with Crippen molar-refractivity contribution in [1.82, 2.24) is 0 Å². The summed E-state index contributed by atoms with van der Waals surface area (Å²) in [7, 11) is 0. The van der Waals surface area contributed by atoms with E-state index in [-0.39, 0.29) is 17.2 Å². The number of hydrogen-bond acceptors (Lipinski definition) is 5. The lowest BCUT2D eigenvalue weighted by molar-refractivity contribution is -0.119. The molecule has 6 nitrogen and oxygen atoms in total. The molecule has 136 valence electrons. The van der Waals surface area contributed by atoms with Crippen LogP contribution in [0.2, 0.25) is 5.02 Å². The molecule has 0 aromatic heterocycles. The smallest absolute Gasteiger partial charge is 0.340 e. The summed E-state index contributed by atoms with van der Waals surface area (Å²) in [4.78, 5) is 26.4. The second-order valence-corrected chi connectivity index (χ2v) is 6.13. The Morgan fingerprint density at radius 2 is 1.77 bits per heavy atom. The van der Waals surface area contributed by atoms with Crippen LogP contribution in [0, 0.1) is 0 Å². The average molecular weight is 375 g/mol. The Hall–Kier alpha value is -2.57. The number of hydrogen-bond donors (Lipinski definition) is 1. The van der Waals surface area contributed by atoms with Gasteiger partial charge in [0.15, 0.2) is 6.61 Å². The van der Waals surface area contributed by atoms with Gasteiger partial charge in [-0.15, -0.1) is 0 Å². The van der Waals surface area contributed by atoms with Gasteiger partial charge in [-0.3, -0.25) is 4.79 Å². The van der Waals surface area contributed by atoms with Gasteiger partial charge in [-0.1, -0.05) is 35.9 Å². The number of carbonyl (C=O) groups excluding carboxylic acids is 2. The fraction of sp³-hybridized carbons (Fsp3) is 0.263. The van der Waals surface area contributed by atoms with E-state index in [0.717, 1.165) is 18.8 Å². The van der Waals surface area contributed by atoms with Crippen LogP contribution < -0.4 is 10.2 Å². The fourth-order valence-corrected chi connectivity index (χ4v) is 2.89. The number of nitrogens with one attached hydrogen (secondary N) is 1. The predicted octanol–water partition coefficient (Wildman–Crippen LogP) is 2.97. The first kappa shape index (κ1) is 18.2. The lowest BCUT2D eigenvalue weighted by Crippen LogP contribution is -2.36. The maximum atomic E-state index is 12.2. The zero-order valence-corrected chi connectivity index (χ0v) is 14.9. The van der Waals surface area contributed by atoms with E-state index in [2.05, 4.69) is 10.2 Å². The molecular weight excluding hydrogens is 356 g/mol. The minimum atomic E-state index is -0.632. The number of amides is 1. The third-order valence-electron chi connectivity index (χ3n) is 3.96. The van der Waals surface area contributed by atoms with E-state index in [4.69, 9.17) is 21.1 Å². The van der Waals surface area contributed by atoms with Crippen LogP contribution in [0.3, 0.4) is 0 Å². The van der Waals surface area contributed by atoms with Crippen LogP contribution >= 0.6 is 11.6 Å². The summed E-state index contributed by atoms with van der Waals surface area (Å²) in [5, 5.41) is 3.09. The van der Waals surface area contributed by atoms with Gasteiger partial charge in [0.05, 0.1) is 35.2 Å². The SMILES string of the molecule is O=C(COC(=O)c1ccccc1Cl)Nc1ccccc1N1CCOCC1. The minimum absolute atomic E-state index is 0.232. The minimum Gasteiger partial charge on any atom is -0.452 e. The molecule has 0 aliphatic carbocycles. The third kappa shape index (κ3) is 4.53. The second-order valence-electron chi connectivity index (χ2n) is 5.72. The number of morpholine rings is 1. The summed E-state index contributed by atoms with van der Waals surface area (Å²) >= 11 is 5.95. The number of anilines is 2. The highest BCUT2D eigenvalue weighted by atomic mass is 35.5. The van der Waals surface area contributed by atoms with E-state index >= 15 is 0 Å². The van der Waals surface area contributed by atoms with Crippen LogP contribution in [0.1, 0.15) is 10.4 Å². The van der Waals surface area contributed by atoms with Crippen molar-refractivity contribution in [2.45, 2.75) is 0 Å². The summed E-state index contributed by atoms with van der Waals surface area (Å²) in [6, 6.07) is 14.1. The van der Waals surface area contributed by atoms with E-state index in [0.29, 0.717) is 18.9 Å². The second kappa shape index (κ2) is 8.69. The number of halogens is 1. The van der Waals surface area contributed by atoms with Crippen molar-refractivity contribution in [3.63, 3.8) is 0 Å². The first-order valence-corrected chi connectivity index (χ1v) is 8.66.